The molecule has 0 amide bonds. The van der Waals surface area contributed by atoms with Crippen LogP contribution in [0.5, 0.6) is 0 Å². The molecule has 1 aromatic heterocycles. The molecule has 5 nitrogen and oxygen atoms in total. The molecule has 0 aliphatic carbocycles. The number of nitrogens with one attached hydrogen (secondary N) is 1. The number of piperidine rings is 1. The molecule has 1 aliphatic rings. The summed E-state index contributed by atoms with van der Waals surface area (Å²) in [4.78, 5) is 15.7. The van der Waals surface area contributed by atoms with Crippen LogP contribution in [0.2, 0.25) is 0 Å². The molecule has 4 rings (SSSR count). The lowest BCUT2D eigenvalue weighted by atomic mass is 10.1. The van der Waals surface area contributed by atoms with Crippen LogP contribution in [0.25, 0.3) is 22.2 Å². The Balaban J connectivity index is 1.71. The maximum absolute atomic E-state index is 6.09. The number of benzene rings is 2. The van der Waals surface area contributed by atoms with Crippen molar-refractivity contribution in [2.24, 2.45) is 0 Å². The molecular formula is C20H20Cl3N5. The van der Waals surface area contributed by atoms with Gasteiger partial charge >= 0.3 is 0 Å². The Bertz CT molecular complexity index is 981. The number of fused-ring (bicyclic) bond motifs is 1. The van der Waals surface area contributed by atoms with Gasteiger partial charge in [0.25, 0.3) is 0 Å². The number of hydrogen-bond donors (Lipinski definition) is 1. The second kappa shape index (κ2) is 7.99. The molecule has 2 aromatic carbocycles. The fraction of sp³-hybridized carbons (Fsp3) is 0.350. The topological polar surface area (TPSA) is 53.9 Å². The van der Waals surface area contributed by atoms with Crippen LogP contribution in [0.1, 0.15) is 18.7 Å². The Morgan fingerprint density at radius 3 is 2.39 bits per heavy atom. The number of likely N-dealkylation sites (tertiary alicyclic amines) is 1. The van der Waals surface area contributed by atoms with E-state index in [-0.39, 0.29) is 11.9 Å². The standard InChI is InChI=1S/C20H20Cl3N5/c1-28-10-8-16(9-11-28)24-19-26-17(25-18(27-19)20(21,22)23)15-7-6-13-4-2-3-5-14(13)12-15/h2-7,12,16H,8-11H2,1H3,(H,24,25,26,27). The summed E-state index contributed by atoms with van der Waals surface area (Å²) in [7, 11) is 2.12. The molecule has 28 heavy (non-hydrogen) atoms. The third kappa shape index (κ3) is 4.49. The van der Waals surface area contributed by atoms with Crippen molar-refractivity contribution in [3.8, 4) is 11.4 Å². The molecule has 146 valence electrons. The molecule has 0 radical (unpaired) electrons. The molecule has 0 atom stereocenters. The summed E-state index contributed by atoms with van der Waals surface area (Å²) in [5.74, 6) is 1.04. The molecule has 0 saturated carbocycles. The average molecular weight is 437 g/mol. The minimum atomic E-state index is -1.72. The third-order valence-corrected chi connectivity index (χ3v) is 5.46. The van der Waals surface area contributed by atoms with Crippen molar-refractivity contribution in [3.63, 3.8) is 0 Å². The zero-order valence-electron chi connectivity index (χ0n) is 15.4. The summed E-state index contributed by atoms with van der Waals surface area (Å²) in [5, 5.41) is 5.64. The van der Waals surface area contributed by atoms with E-state index in [0.29, 0.717) is 11.8 Å². The molecule has 1 N–H and O–H groups in total. The van der Waals surface area contributed by atoms with Gasteiger partial charge in [-0.3, -0.25) is 0 Å². The van der Waals surface area contributed by atoms with E-state index in [1.807, 2.05) is 36.4 Å². The average Bonchev–Trinajstić information content (AvgIpc) is 2.68. The minimum Gasteiger partial charge on any atom is -0.351 e. The zero-order valence-corrected chi connectivity index (χ0v) is 17.6. The number of rotatable bonds is 3. The number of halogens is 3. The Kier molecular flexibility index (Phi) is 5.61. The first kappa shape index (κ1) is 19.6. The van der Waals surface area contributed by atoms with Gasteiger partial charge in [-0.05, 0) is 49.8 Å². The van der Waals surface area contributed by atoms with Gasteiger partial charge in [-0.15, -0.1) is 0 Å². The van der Waals surface area contributed by atoms with Crippen molar-refractivity contribution in [1.82, 2.24) is 19.9 Å². The van der Waals surface area contributed by atoms with Gasteiger partial charge in [0.05, 0.1) is 0 Å². The molecule has 0 unspecified atom stereocenters. The third-order valence-electron chi connectivity index (χ3n) is 4.95. The Morgan fingerprint density at radius 2 is 1.68 bits per heavy atom. The van der Waals surface area contributed by atoms with Crippen molar-refractivity contribution in [2.45, 2.75) is 22.7 Å². The van der Waals surface area contributed by atoms with Crippen LogP contribution in [0.4, 0.5) is 5.95 Å². The van der Waals surface area contributed by atoms with Gasteiger partial charge < -0.3 is 10.2 Å². The zero-order chi connectivity index (χ0) is 19.7. The first-order valence-corrected chi connectivity index (χ1v) is 10.3. The molecule has 1 aliphatic heterocycles. The Hall–Kier alpha value is -1.66. The van der Waals surface area contributed by atoms with Gasteiger partial charge in [-0.1, -0.05) is 71.2 Å². The van der Waals surface area contributed by atoms with Crippen molar-refractivity contribution >= 4 is 51.5 Å². The number of aromatic nitrogens is 3. The van der Waals surface area contributed by atoms with Crippen molar-refractivity contribution in [2.75, 3.05) is 25.5 Å². The summed E-state index contributed by atoms with van der Waals surface area (Å²) in [5.41, 5.74) is 0.850. The van der Waals surface area contributed by atoms with E-state index in [2.05, 4.69) is 38.3 Å². The SMILES string of the molecule is CN1CCC(Nc2nc(-c3ccc4ccccc4c3)nc(C(Cl)(Cl)Cl)n2)CC1. The Morgan fingerprint density at radius 1 is 0.964 bits per heavy atom. The lowest BCUT2D eigenvalue weighted by Gasteiger charge is -2.29. The van der Waals surface area contributed by atoms with Crippen molar-refractivity contribution < 1.29 is 0 Å². The first-order chi connectivity index (χ1) is 13.4. The van der Waals surface area contributed by atoms with Gasteiger partial charge in [0, 0.05) is 11.6 Å². The van der Waals surface area contributed by atoms with Crippen LogP contribution < -0.4 is 5.32 Å². The maximum Gasteiger partial charge on any atom is 0.250 e. The molecule has 0 spiro atoms. The van der Waals surface area contributed by atoms with E-state index in [9.17, 15) is 0 Å². The summed E-state index contributed by atoms with van der Waals surface area (Å²) in [6.07, 6.45) is 2.02. The lowest BCUT2D eigenvalue weighted by molar-refractivity contribution is 0.263. The fourth-order valence-electron chi connectivity index (χ4n) is 3.36. The quantitative estimate of drug-likeness (QED) is 0.584. The first-order valence-electron chi connectivity index (χ1n) is 9.16. The van der Waals surface area contributed by atoms with Gasteiger partial charge in [-0.25, -0.2) is 4.98 Å². The van der Waals surface area contributed by atoms with Crippen LogP contribution in [-0.4, -0.2) is 46.0 Å². The lowest BCUT2D eigenvalue weighted by Crippen LogP contribution is -2.37. The van der Waals surface area contributed by atoms with E-state index >= 15 is 0 Å². The summed E-state index contributed by atoms with van der Waals surface area (Å²) >= 11 is 18.3. The number of anilines is 1. The molecule has 0 bridgehead atoms. The highest BCUT2D eigenvalue weighted by Gasteiger charge is 2.29. The number of hydrogen-bond acceptors (Lipinski definition) is 5. The van der Waals surface area contributed by atoms with Crippen molar-refractivity contribution in [3.05, 3.63) is 48.3 Å². The monoisotopic (exact) mass is 435 g/mol. The minimum absolute atomic E-state index is 0.117. The maximum atomic E-state index is 6.09. The van der Waals surface area contributed by atoms with Crippen LogP contribution in [0.3, 0.4) is 0 Å². The van der Waals surface area contributed by atoms with Crippen LogP contribution >= 0.6 is 34.8 Å². The molecular weight excluding hydrogens is 417 g/mol. The highest BCUT2D eigenvalue weighted by atomic mass is 35.6. The van der Waals surface area contributed by atoms with Crippen molar-refractivity contribution in [1.29, 1.82) is 0 Å². The van der Waals surface area contributed by atoms with Gasteiger partial charge in [0.2, 0.25) is 9.74 Å². The van der Waals surface area contributed by atoms with Gasteiger partial charge in [-0.2, -0.15) is 9.97 Å². The summed E-state index contributed by atoms with van der Waals surface area (Å²) in [6, 6.07) is 14.4. The summed E-state index contributed by atoms with van der Waals surface area (Å²) in [6.45, 7) is 2.05. The highest BCUT2D eigenvalue weighted by molar-refractivity contribution is 6.66. The van der Waals surface area contributed by atoms with E-state index in [0.717, 1.165) is 42.3 Å². The second-order valence-corrected chi connectivity index (χ2v) is 9.37. The van der Waals surface area contributed by atoms with Gasteiger partial charge in [0.1, 0.15) is 0 Å². The largest absolute Gasteiger partial charge is 0.351 e. The summed E-state index contributed by atoms with van der Waals surface area (Å²) < 4.78 is -1.72. The Labute approximate surface area is 179 Å². The molecule has 1 fully saturated rings. The van der Waals surface area contributed by atoms with E-state index in [1.165, 1.54) is 0 Å². The number of alkyl halides is 3. The van der Waals surface area contributed by atoms with E-state index < -0.39 is 3.79 Å². The van der Waals surface area contributed by atoms with Crippen LogP contribution in [0.15, 0.2) is 42.5 Å². The second-order valence-electron chi connectivity index (χ2n) is 7.09. The predicted molar refractivity (Wildman–Crippen MR) is 116 cm³/mol. The smallest absolute Gasteiger partial charge is 0.250 e. The fourth-order valence-corrected chi connectivity index (χ4v) is 3.61. The molecule has 1 saturated heterocycles. The van der Waals surface area contributed by atoms with E-state index in [1.54, 1.807) is 0 Å². The van der Waals surface area contributed by atoms with Gasteiger partial charge in [0.15, 0.2) is 11.6 Å². The number of nitrogens with zero attached hydrogens (tertiary/aromatic N) is 4. The normalized spacial score (nSPS) is 16.4. The van der Waals surface area contributed by atoms with E-state index in [4.69, 9.17) is 34.8 Å². The predicted octanol–water partition coefficient (Wildman–Crippen LogP) is 5.02. The van der Waals surface area contributed by atoms with Crippen LogP contribution in [-0.2, 0) is 3.79 Å². The molecule has 3 aromatic rings. The van der Waals surface area contributed by atoms with Crippen LogP contribution in [0, 0.1) is 0 Å². The molecule has 2 heterocycles. The molecule has 8 heteroatoms. The highest BCUT2D eigenvalue weighted by Crippen LogP contribution is 2.37.